The first-order valence-corrected chi connectivity index (χ1v) is 12.7. The molecular formula is C22H17FN2O3S3. The van der Waals surface area contributed by atoms with Crippen LogP contribution in [0.2, 0.25) is 0 Å². The van der Waals surface area contributed by atoms with Gasteiger partial charge in [0.25, 0.3) is 5.91 Å². The van der Waals surface area contributed by atoms with Crippen molar-refractivity contribution in [3.05, 3.63) is 83.2 Å². The van der Waals surface area contributed by atoms with E-state index >= 15 is 0 Å². The number of rotatable bonds is 6. The van der Waals surface area contributed by atoms with Crippen LogP contribution >= 0.6 is 23.1 Å². The van der Waals surface area contributed by atoms with Gasteiger partial charge in [-0.3, -0.25) is 9.78 Å². The Hall–Kier alpha value is -2.75. The molecule has 2 aromatic heterocycles. The Bertz CT molecular complexity index is 1330. The molecule has 0 atom stereocenters. The van der Waals surface area contributed by atoms with E-state index in [9.17, 15) is 17.6 Å². The van der Waals surface area contributed by atoms with Crippen LogP contribution in [-0.4, -0.2) is 25.6 Å². The molecule has 0 bridgehead atoms. The number of benzene rings is 2. The first kappa shape index (κ1) is 21.5. The summed E-state index contributed by atoms with van der Waals surface area (Å²) in [5.74, 6) is -0.771. The third kappa shape index (κ3) is 4.48. The molecule has 9 heteroatoms. The van der Waals surface area contributed by atoms with Crippen molar-refractivity contribution in [2.75, 3.05) is 6.26 Å². The van der Waals surface area contributed by atoms with Crippen LogP contribution in [0.1, 0.15) is 15.2 Å². The van der Waals surface area contributed by atoms with Crippen molar-refractivity contribution < 1.29 is 17.6 Å². The lowest BCUT2D eigenvalue weighted by Crippen LogP contribution is -2.21. The summed E-state index contributed by atoms with van der Waals surface area (Å²) in [5, 5.41) is 3.80. The van der Waals surface area contributed by atoms with E-state index < -0.39 is 15.7 Å². The minimum absolute atomic E-state index is 0.0656. The van der Waals surface area contributed by atoms with Crippen molar-refractivity contribution in [1.82, 2.24) is 10.3 Å². The number of amides is 1. The lowest BCUT2D eigenvalue weighted by molar-refractivity contribution is 0.0955. The van der Waals surface area contributed by atoms with Crippen LogP contribution in [0.3, 0.4) is 0 Å². The number of nitrogens with one attached hydrogen (secondary N) is 1. The maximum absolute atomic E-state index is 14.0. The zero-order valence-corrected chi connectivity index (χ0v) is 18.8. The number of halogens is 1. The van der Waals surface area contributed by atoms with E-state index in [0.29, 0.717) is 9.77 Å². The van der Waals surface area contributed by atoms with Crippen molar-refractivity contribution in [1.29, 1.82) is 0 Å². The van der Waals surface area contributed by atoms with Gasteiger partial charge in [0.1, 0.15) is 5.82 Å². The maximum Gasteiger partial charge on any atom is 0.261 e. The van der Waals surface area contributed by atoms with Crippen molar-refractivity contribution in [2.24, 2.45) is 0 Å². The van der Waals surface area contributed by atoms with Crippen LogP contribution in [0.4, 0.5) is 4.39 Å². The Kier molecular flexibility index (Phi) is 6.08. The van der Waals surface area contributed by atoms with E-state index in [-0.39, 0.29) is 22.2 Å². The first-order valence-electron chi connectivity index (χ1n) is 9.18. The van der Waals surface area contributed by atoms with E-state index in [1.54, 1.807) is 30.8 Å². The summed E-state index contributed by atoms with van der Waals surface area (Å²) < 4.78 is 40.5. The molecule has 4 aromatic rings. The maximum atomic E-state index is 14.0. The molecule has 0 saturated carbocycles. The molecule has 4 rings (SSSR count). The van der Waals surface area contributed by atoms with Crippen molar-refractivity contribution in [3.8, 4) is 0 Å². The number of hydrogen-bond acceptors (Lipinski definition) is 6. The van der Waals surface area contributed by atoms with Gasteiger partial charge < -0.3 is 5.32 Å². The monoisotopic (exact) mass is 472 g/mol. The molecule has 5 nitrogen and oxygen atoms in total. The standard InChI is InChI=1S/C22H17FN2O3S3/c1-29-19-7-6-17(11-18(19)23)31(27,28)16-4-2-14(3-5-16)12-25-22(26)20-10-15-8-9-24-13-21(15)30-20/h2-11,13H,12H2,1H3,(H,25,26). The number of thiophene rings is 1. The van der Waals surface area contributed by atoms with Gasteiger partial charge in [-0.2, -0.15) is 0 Å². The topological polar surface area (TPSA) is 76.1 Å². The molecular weight excluding hydrogens is 455 g/mol. The molecule has 1 N–H and O–H groups in total. The fourth-order valence-corrected chi connectivity index (χ4v) is 5.68. The molecule has 0 aliphatic heterocycles. The minimum Gasteiger partial charge on any atom is -0.347 e. The highest BCUT2D eigenvalue weighted by Gasteiger charge is 2.19. The van der Waals surface area contributed by atoms with E-state index in [2.05, 4.69) is 10.3 Å². The second-order valence-corrected chi connectivity index (χ2v) is 10.5. The molecule has 0 unspecified atom stereocenters. The highest BCUT2D eigenvalue weighted by Crippen LogP contribution is 2.27. The molecule has 0 fully saturated rings. The molecule has 0 spiro atoms. The number of pyridine rings is 1. The Morgan fingerprint density at radius 3 is 2.52 bits per heavy atom. The summed E-state index contributed by atoms with van der Waals surface area (Å²) in [4.78, 5) is 17.4. The van der Waals surface area contributed by atoms with Crippen LogP contribution in [0.25, 0.3) is 10.1 Å². The van der Waals surface area contributed by atoms with Gasteiger partial charge in [-0.05, 0) is 59.7 Å². The van der Waals surface area contributed by atoms with Crippen LogP contribution in [0.5, 0.6) is 0 Å². The van der Waals surface area contributed by atoms with Gasteiger partial charge in [0.15, 0.2) is 0 Å². The van der Waals surface area contributed by atoms with Crippen molar-refractivity contribution in [3.63, 3.8) is 0 Å². The van der Waals surface area contributed by atoms with Gasteiger partial charge in [-0.1, -0.05) is 12.1 Å². The number of sulfone groups is 1. The van der Waals surface area contributed by atoms with Crippen molar-refractivity contribution in [2.45, 2.75) is 21.2 Å². The lowest BCUT2D eigenvalue weighted by Gasteiger charge is -2.08. The highest BCUT2D eigenvalue weighted by molar-refractivity contribution is 7.98. The lowest BCUT2D eigenvalue weighted by atomic mass is 10.2. The molecule has 0 aliphatic carbocycles. The average molecular weight is 473 g/mol. The quantitative estimate of drug-likeness (QED) is 0.403. The van der Waals surface area contributed by atoms with Gasteiger partial charge in [-0.15, -0.1) is 23.1 Å². The molecule has 0 radical (unpaired) electrons. The smallest absolute Gasteiger partial charge is 0.261 e. The predicted octanol–water partition coefficient (Wildman–Crippen LogP) is 4.92. The predicted molar refractivity (Wildman–Crippen MR) is 121 cm³/mol. The van der Waals surface area contributed by atoms with Crippen LogP contribution < -0.4 is 5.32 Å². The van der Waals surface area contributed by atoms with E-state index in [1.807, 2.05) is 12.1 Å². The van der Waals surface area contributed by atoms with Crippen molar-refractivity contribution >= 4 is 48.9 Å². The molecule has 31 heavy (non-hydrogen) atoms. The second kappa shape index (κ2) is 8.78. The van der Waals surface area contributed by atoms with Gasteiger partial charge >= 0.3 is 0 Å². The SMILES string of the molecule is CSc1ccc(S(=O)(=O)c2ccc(CNC(=O)c3cc4ccncc4s3)cc2)cc1F. The number of hydrogen-bond donors (Lipinski definition) is 1. The molecule has 0 aliphatic rings. The molecule has 2 heterocycles. The van der Waals surface area contributed by atoms with Crippen LogP contribution in [0, 0.1) is 5.82 Å². The fraction of sp³-hybridized carbons (Fsp3) is 0.0909. The number of nitrogens with zero attached hydrogens (tertiary/aromatic N) is 1. The minimum atomic E-state index is -3.83. The summed E-state index contributed by atoms with van der Waals surface area (Å²) in [6.07, 6.45) is 5.12. The van der Waals surface area contributed by atoms with Gasteiger partial charge in [-0.25, -0.2) is 12.8 Å². The van der Waals surface area contributed by atoms with E-state index in [4.69, 9.17) is 0 Å². The summed E-state index contributed by atoms with van der Waals surface area (Å²) in [6.45, 7) is 0.253. The summed E-state index contributed by atoms with van der Waals surface area (Å²) in [7, 11) is -3.83. The highest BCUT2D eigenvalue weighted by atomic mass is 32.2. The van der Waals surface area contributed by atoms with E-state index in [1.165, 1.54) is 47.4 Å². The number of carbonyl (C=O) groups excluding carboxylic acids is 1. The molecule has 0 saturated heterocycles. The van der Waals surface area contributed by atoms with Gasteiger partial charge in [0.05, 0.1) is 19.4 Å². The normalized spacial score (nSPS) is 11.5. The third-order valence-electron chi connectivity index (χ3n) is 4.67. The summed E-state index contributed by atoms with van der Waals surface area (Å²) >= 11 is 2.57. The van der Waals surface area contributed by atoms with Crippen LogP contribution in [0.15, 0.2) is 81.7 Å². The fourth-order valence-electron chi connectivity index (χ4n) is 3.00. The summed E-state index contributed by atoms with van der Waals surface area (Å²) in [5.41, 5.74) is 0.749. The number of aromatic nitrogens is 1. The number of thioether (sulfide) groups is 1. The Morgan fingerprint density at radius 1 is 1.10 bits per heavy atom. The average Bonchev–Trinajstić information content (AvgIpc) is 3.22. The molecule has 1 amide bonds. The van der Waals surface area contributed by atoms with Crippen LogP contribution in [-0.2, 0) is 16.4 Å². The summed E-state index contributed by atoms with van der Waals surface area (Å²) in [6, 6.07) is 13.7. The number of fused-ring (bicyclic) bond motifs is 1. The zero-order valence-electron chi connectivity index (χ0n) is 16.3. The first-order chi connectivity index (χ1) is 14.9. The van der Waals surface area contributed by atoms with Gasteiger partial charge in [0.2, 0.25) is 9.84 Å². The zero-order chi connectivity index (χ0) is 22.0. The van der Waals surface area contributed by atoms with E-state index in [0.717, 1.165) is 21.7 Å². The Balaban J connectivity index is 1.46. The van der Waals surface area contributed by atoms with Gasteiger partial charge in [0, 0.05) is 23.8 Å². The Morgan fingerprint density at radius 2 is 1.84 bits per heavy atom. The largest absolute Gasteiger partial charge is 0.347 e. The Labute approximate surface area is 187 Å². The third-order valence-corrected chi connectivity index (χ3v) is 8.29. The molecule has 158 valence electrons. The second-order valence-electron chi connectivity index (χ2n) is 6.65. The number of carbonyl (C=O) groups is 1. The molecule has 2 aromatic carbocycles.